The maximum Gasteiger partial charge on any atom is 0.216 e. The van der Waals surface area contributed by atoms with E-state index in [4.69, 9.17) is 0 Å². The Hall–Kier alpha value is -0.910. The van der Waals surface area contributed by atoms with Crippen molar-refractivity contribution in [1.29, 1.82) is 0 Å². The van der Waals surface area contributed by atoms with Crippen LogP contribution in [0.2, 0.25) is 0 Å². The summed E-state index contributed by atoms with van der Waals surface area (Å²) >= 11 is 1.88. The summed E-state index contributed by atoms with van der Waals surface area (Å²) in [5.41, 5.74) is 0. The number of carbonyl (C=O) groups is 1. The lowest BCUT2D eigenvalue weighted by Crippen LogP contribution is -2.39. The van der Waals surface area contributed by atoms with Gasteiger partial charge in [0.05, 0.1) is 0 Å². The number of hydrogen-bond acceptors (Lipinski definition) is 4. The maximum absolute atomic E-state index is 11.0. The van der Waals surface area contributed by atoms with Crippen LogP contribution < -0.4 is 10.6 Å². The van der Waals surface area contributed by atoms with Crippen molar-refractivity contribution in [2.75, 3.05) is 32.7 Å². The maximum atomic E-state index is 11.0. The van der Waals surface area contributed by atoms with E-state index in [9.17, 15) is 4.79 Å². The second-order valence-corrected chi connectivity index (χ2v) is 7.30. The van der Waals surface area contributed by atoms with Crippen molar-refractivity contribution in [3.8, 4) is 0 Å². The molecule has 2 heterocycles. The highest BCUT2D eigenvalue weighted by molar-refractivity contribution is 7.11. The van der Waals surface area contributed by atoms with E-state index in [0.717, 1.165) is 45.2 Å². The summed E-state index contributed by atoms with van der Waals surface area (Å²) < 4.78 is 0. The van der Waals surface area contributed by atoms with E-state index in [2.05, 4.69) is 34.6 Å². The molecule has 1 aliphatic rings. The molecule has 1 fully saturated rings. The number of carbonyl (C=O) groups excluding carboxylic acids is 1. The zero-order valence-corrected chi connectivity index (χ0v) is 14.0. The van der Waals surface area contributed by atoms with Crippen molar-refractivity contribution in [1.82, 2.24) is 15.5 Å². The van der Waals surface area contributed by atoms with Gasteiger partial charge in [0.1, 0.15) is 0 Å². The molecule has 118 valence electrons. The molecule has 0 aromatic carbocycles. The van der Waals surface area contributed by atoms with Gasteiger partial charge in [0, 0.05) is 42.9 Å². The van der Waals surface area contributed by atoms with Crippen molar-refractivity contribution in [2.45, 2.75) is 33.2 Å². The fourth-order valence-corrected chi connectivity index (χ4v) is 3.78. The second kappa shape index (κ2) is 8.51. The first-order valence-electron chi connectivity index (χ1n) is 7.86. The van der Waals surface area contributed by atoms with Crippen LogP contribution in [-0.2, 0) is 11.3 Å². The van der Waals surface area contributed by atoms with Gasteiger partial charge in [-0.2, -0.15) is 0 Å². The molecule has 2 rings (SSSR count). The number of aryl methyl sites for hydroxylation is 1. The Labute approximate surface area is 131 Å². The SMILES string of the molecule is CC(=O)NCCN(Cc1ccc(C)s1)CC1CCNCC1. The minimum atomic E-state index is 0.0591. The molecule has 0 atom stereocenters. The number of piperidine rings is 1. The minimum absolute atomic E-state index is 0.0591. The number of amides is 1. The van der Waals surface area contributed by atoms with Crippen molar-refractivity contribution in [3.05, 3.63) is 21.9 Å². The first-order valence-corrected chi connectivity index (χ1v) is 8.68. The molecule has 0 radical (unpaired) electrons. The Morgan fingerprint density at radius 1 is 1.43 bits per heavy atom. The fraction of sp³-hybridized carbons (Fsp3) is 0.688. The summed E-state index contributed by atoms with van der Waals surface area (Å²) in [7, 11) is 0. The van der Waals surface area contributed by atoms with Crippen molar-refractivity contribution in [2.24, 2.45) is 5.92 Å². The molecule has 1 saturated heterocycles. The predicted molar refractivity (Wildman–Crippen MR) is 88.6 cm³/mol. The molecule has 5 heteroatoms. The number of nitrogens with one attached hydrogen (secondary N) is 2. The third-order valence-electron chi connectivity index (χ3n) is 3.95. The molecule has 0 unspecified atom stereocenters. The molecule has 1 aromatic rings. The van der Waals surface area contributed by atoms with E-state index in [1.807, 2.05) is 11.3 Å². The third kappa shape index (κ3) is 6.16. The highest BCUT2D eigenvalue weighted by Gasteiger charge is 2.17. The second-order valence-electron chi connectivity index (χ2n) is 5.92. The Balaban J connectivity index is 1.86. The monoisotopic (exact) mass is 309 g/mol. The standard InChI is InChI=1S/C16H27N3OS/c1-13-3-4-16(21-13)12-19(10-9-18-14(2)20)11-15-5-7-17-8-6-15/h3-4,15,17H,5-12H2,1-2H3,(H,18,20). The van der Waals surface area contributed by atoms with Crippen LogP contribution in [0.4, 0.5) is 0 Å². The lowest BCUT2D eigenvalue weighted by Gasteiger charge is -2.30. The van der Waals surface area contributed by atoms with E-state index in [-0.39, 0.29) is 5.91 Å². The number of hydrogen-bond donors (Lipinski definition) is 2. The Morgan fingerprint density at radius 2 is 2.19 bits per heavy atom. The quantitative estimate of drug-likeness (QED) is 0.810. The lowest BCUT2D eigenvalue weighted by atomic mass is 9.97. The summed E-state index contributed by atoms with van der Waals surface area (Å²) in [5.74, 6) is 0.841. The minimum Gasteiger partial charge on any atom is -0.355 e. The molecule has 1 aromatic heterocycles. The smallest absolute Gasteiger partial charge is 0.216 e. The molecule has 21 heavy (non-hydrogen) atoms. The molecular weight excluding hydrogens is 282 g/mol. The molecule has 1 amide bonds. The first kappa shape index (κ1) is 16.5. The van der Waals surface area contributed by atoms with Crippen LogP contribution in [0.1, 0.15) is 29.5 Å². The topological polar surface area (TPSA) is 44.4 Å². The van der Waals surface area contributed by atoms with Crippen LogP contribution in [-0.4, -0.2) is 43.5 Å². The van der Waals surface area contributed by atoms with Gasteiger partial charge >= 0.3 is 0 Å². The fourth-order valence-electron chi connectivity index (χ4n) is 2.84. The van der Waals surface area contributed by atoms with Gasteiger partial charge in [-0.05, 0) is 50.9 Å². The van der Waals surface area contributed by atoms with Crippen LogP contribution in [0.5, 0.6) is 0 Å². The summed E-state index contributed by atoms with van der Waals surface area (Å²) in [4.78, 5) is 16.3. The van der Waals surface area contributed by atoms with Gasteiger partial charge in [-0.3, -0.25) is 9.69 Å². The van der Waals surface area contributed by atoms with Gasteiger partial charge in [-0.15, -0.1) is 11.3 Å². The third-order valence-corrected chi connectivity index (χ3v) is 4.94. The first-order chi connectivity index (χ1) is 10.1. The van der Waals surface area contributed by atoms with Gasteiger partial charge in [-0.25, -0.2) is 0 Å². The normalized spacial score (nSPS) is 16.3. The lowest BCUT2D eigenvalue weighted by molar-refractivity contribution is -0.119. The average molecular weight is 309 g/mol. The number of thiophene rings is 1. The highest BCUT2D eigenvalue weighted by atomic mass is 32.1. The Kier molecular flexibility index (Phi) is 6.67. The molecule has 0 aliphatic carbocycles. The highest BCUT2D eigenvalue weighted by Crippen LogP contribution is 2.19. The van der Waals surface area contributed by atoms with E-state index in [0.29, 0.717) is 0 Å². The zero-order valence-electron chi connectivity index (χ0n) is 13.2. The Morgan fingerprint density at radius 3 is 2.81 bits per heavy atom. The van der Waals surface area contributed by atoms with Gasteiger partial charge in [0.25, 0.3) is 0 Å². The van der Waals surface area contributed by atoms with Gasteiger partial charge in [0.2, 0.25) is 5.91 Å². The van der Waals surface area contributed by atoms with Gasteiger partial charge in [0.15, 0.2) is 0 Å². The predicted octanol–water partition coefficient (Wildman–Crippen LogP) is 1.99. The average Bonchev–Trinajstić information content (AvgIpc) is 2.85. The zero-order chi connectivity index (χ0) is 15.1. The molecule has 0 saturated carbocycles. The van der Waals surface area contributed by atoms with E-state index in [1.165, 1.54) is 22.6 Å². The summed E-state index contributed by atoms with van der Waals surface area (Å²) in [6, 6.07) is 4.42. The number of nitrogens with zero attached hydrogens (tertiary/aromatic N) is 1. The number of rotatable bonds is 7. The molecule has 2 N–H and O–H groups in total. The molecule has 0 bridgehead atoms. The van der Waals surface area contributed by atoms with Crippen LogP contribution >= 0.6 is 11.3 Å². The van der Waals surface area contributed by atoms with Crippen LogP contribution in [0.3, 0.4) is 0 Å². The largest absolute Gasteiger partial charge is 0.355 e. The van der Waals surface area contributed by atoms with Crippen LogP contribution in [0.25, 0.3) is 0 Å². The van der Waals surface area contributed by atoms with Crippen molar-refractivity contribution < 1.29 is 4.79 Å². The Bertz CT molecular complexity index is 440. The van der Waals surface area contributed by atoms with E-state index < -0.39 is 0 Å². The summed E-state index contributed by atoms with van der Waals surface area (Å²) in [5, 5.41) is 6.34. The van der Waals surface area contributed by atoms with Crippen molar-refractivity contribution >= 4 is 17.2 Å². The van der Waals surface area contributed by atoms with Gasteiger partial charge < -0.3 is 10.6 Å². The van der Waals surface area contributed by atoms with Crippen molar-refractivity contribution in [3.63, 3.8) is 0 Å². The van der Waals surface area contributed by atoms with Crippen LogP contribution in [0, 0.1) is 12.8 Å². The molecular formula is C16H27N3OS. The molecule has 4 nitrogen and oxygen atoms in total. The van der Waals surface area contributed by atoms with E-state index in [1.54, 1.807) is 6.92 Å². The molecule has 0 spiro atoms. The molecule has 1 aliphatic heterocycles. The summed E-state index contributed by atoms with van der Waals surface area (Å²) in [6.07, 6.45) is 2.53. The van der Waals surface area contributed by atoms with E-state index >= 15 is 0 Å². The van der Waals surface area contributed by atoms with Gasteiger partial charge in [-0.1, -0.05) is 0 Å². The van der Waals surface area contributed by atoms with Crippen LogP contribution in [0.15, 0.2) is 12.1 Å². The summed E-state index contributed by atoms with van der Waals surface area (Å²) in [6.45, 7) is 9.83.